The second-order valence-electron chi connectivity index (χ2n) is 3.74. The zero-order valence-electron chi connectivity index (χ0n) is 9.99. The van der Waals surface area contributed by atoms with Crippen molar-refractivity contribution < 1.29 is 14.7 Å². The molecule has 0 aliphatic rings. The lowest BCUT2D eigenvalue weighted by molar-refractivity contribution is 0.0320. The van der Waals surface area contributed by atoms with Gasteiger partial charge in [0.25, 0.3) is 0 Å². The molecule has 0 heterocycles. The lowest BCUT2D eigenvalue weighted by atomic mass is 10.1. The van der Waals surface area contributed by atoms with E-state index in [1.54, 1.807) is 0 Å². The summed E-state index contributed by atoms with van der Waals surface area (Å²) in [5.41, 5.74) is 4.74. The van der Waals surface area contributed by atoms with E-state index in [1.165, 1.54) is 7.11 Å². The molecule has 0 aromatic heterocycles. The van der Waals surface area contributed by atoms with Crippen LogP contribution in [0.5, 0.6) is 5.75 Å². The molecule has 0 aliphatic heterocycles. The first kappa shape index (κ1) is 13.0. The molecule has 0 saturated heterocycles. The van der Waals surface area contributed by atoms with Gasteiger partial charge in [-0.15, -0.1) is 0 Å². The third-order valence-electron chi connectivity index (χ3n) is 2.29. The smallest absolute Gasteiger partial charge is 0.125 e. The van der Waals surface area contributed by atoms with Crippen molar-refractivity contribution in [2.75, 3.05) is 20.3 Å². The number of para-hydroxylation sites is 1. The van der Waals surface area contributed by atoms with E-state index in [1.807, 2.05) is 32.0 Å². The fourth-order valence-electron chi connectivity index (χ4n) is 1.44. The Labute approximate surface area is 96.1 Å². The number of aliphatic hydroxyl groups excluding tert-OH is 1. The van der Waals surface area contributed by atoms with E-state index in [0.717, 1.165) is 16.9 Å². The minimum absolute atomic E-state index is 0.252. The van der Waals surface area contributed by atoms with Crippen LogP contribution in [-0.4, -0.2) is 31.5 Å². The number of benzene rings is 1. The van der Waals surface area contributed by atoms with Crippen LogP contribution >= 0.6 is 0 Å². The molecule has 0 spiro atoms. The molecular weight excluding hydrogens is 206 g/mol. The first-order valence-corrected chi connectivity index (χ1v) is 5.28. The molecule has 1 aromatic carbocycles. The van der Waals surface area contributed by atoms with E-state index in [4.69, 9.17) is 4.74 Å². The minimum Gasteiger partial charge on any atom is -0.490 e. The Morgan fingerprint density at radius 2 is 1.94 bits per heavy atom. The summed E-state index contributed by atoms with van der Waals surface area (Å²) in [7, 11) is 1.51. The first-order chi connectivity index (χ1) is 7.65. The van der Waals surface area contributed by atoms with Gasteiger partial charge in [-0.05, 0) is 25.0 Å². The van der Waals surface area contributed by atoms with Gasteiger partial charge in [-0.25, -0.2) is 5.48 Å². The molecule has 2 N–H and O–H groups in total. The average Bonchev–Trinajstić information content (AvgIpc) is 2.25. The summed E-state index contributed by atoms with van der Waals surface area (Å²) in [6, 6.07) is 5.96. The maximum atomic E-state index is 9.56. The van der Waals surface area contributed by atoms with Crippen LogP contribution in [-0.2, 0) is 4.84 Å². The van der Waals surface area contributed by atoms with Gasteiger partial charge in [0, 0.05) is 0 Å². The van der Waals surface area contributed by atoms with Crippen LogP contribution in [0.2, 0.25) is 0 Å². The quantitative estimate of drug-likeness (QED) is 0.714. The molecule has 1 unspecified atom stereocenters. The highest BCUT2D eigenvalue weighted by Gasteiger charge is 2.07. The van der Waals surface area contributed by atoms with Crippen molar-refractivity contribution >= 4 is 0 Å². The number of ether oxygens (including phenoxy) is 1. The molecule has 0 amide bonds. The van der Waals surface area contributed by atoms with Gasteiger partial charge in [0.1, 0.15) is 18.5 Å². The summed E-state index contributed by atoms with van der Waals surface area (Å²) in [5, 5.41) is 9.56. The lowest BCUT2D eigenvalue weighted by Gasteiger charge is -2.15. The average molecular weight is 225 g/mol. The van der Waals surface area contributed by atoms with Gasteiger partial charge >= 0.3 is 0 Å². The third kappa shape index (κ3) is 3.81. The Bertz CT molecular complexity index is 308. The molecule has 0 radical (unpaired) electrons. The second-order valence-corrected chi connectivity index (χ2v) is 3.74. The fraction of sp³-hybridized carbons (Fsp3) is 0.500. The van der Waals surface area contributed by atoms with Crippen molar-refractivity contribution in [3.8, 4) is 5.75 Å². The standard InChI is InChI=1S/C12H19NO3/c1-9-5-4-6-10(2)12(9)16-8-11(14)7-13-15-3/h4-6,11,13-14H,7-8H2,1-3H3. The Morgan fingerprint density at radius 3 is 2.50 bits per heavy atom. The number of hydrogen-bond acceptors (Lipinski definition) is 4. The van der Waals surface area contributed by atoms with Crippen molar-refractivity contribution in [2.45, 2.75) is 20.0 Å². The van der Waals surface area contributed by atoms with E-state index < -0.39 is 6.10 Å². The fourth-order valence-corrected chi connectivity index (χ4v) is 1.44. The molecule has 1 atom stereocenters. The maximum Gasteiger partial charge on any atom is 0.125 e. The number of hydroxylamine groups is 1. The summed E-state index contributed by atoms with van der Waals surface area (Å²) in [6.07, 6.45) is -0.584. The van der Waals surface area contributed by atoms with Crippen LogP contribution in [0, 0.1) is 13.8 Å². The second kappa shape index (κ2) is 6.48. The highest BCUT2D eigenvalue weighted by Crippen LogP contribution is 2.22. The molecular formula is C12H19NO3. The molecule has 4 heteroatoms. The van der Waals surface area contributed by atoms with Gasteiger partial charge in [-0.2, -0.15) is 0 Å². The number of aliphatic hydroxyl groups is 1. The number of nitrogens with one attached hydrogen (secondary N) is 1. The normalized spacial score (nSPS) is 12.5. The van der Waals surface area contributed by atoms with Gasteiger partial charge in [-0.3, -0.25) is 0 Å². The van der Waals surface area contributed by atoms with Crippen LogP contribution in [0.15, 0.2) is 18.2 Å². The summed E-state index contributed by atoms with van der Waals surface area (Å²) in [4.78, 5) is 4.65. The molecule has 16 heavy (non-hydrogen) atoms. The Balaban J connectivity index is 2.48. The number of hydrogen-bond donors (Lipinski definition) is 2. The highest BCUT2D eigenvalue weighted by molar-refractivity contribution is 5.39. The van der Waals surface area contributed by atoms with E-state index in [9.17, 15) is 5.11 Å². The van der Waals surface area contributed by atoms with E-state index in [0.29, 0.717) is 6.54 Å². The van der Waals surface area contributed by atoms with Crippen molar-refractivity contribution in [1.82, 2.24) is 5.48 Å². The predicted octanol–water partition coefficient (Wildman–Crippen LogP) is 1.19. The molecule has 1 rings (SSSR count). The summed E-state index contributed by atoms with van der Waals surface area (Å²) in [5.74, 6) is 0.846. The molecule has 1 aromatic rings. The zero-order chi connectivity index (χ0) is 12.0. The minimum atomic E-state index is -0.584. The molecule has 0 fully saturated rings. The Morgan fingerprint density at radius 1 is 1.31 bits per heavy atom. The summed E-state index contributed by atoms with van der Waals surface area (Å²) in [6.45, 7) is 4.58. The van der Waals surface area contributed by atoms with Crippen molar-refractivity contribution in [3.05, 3.63) is 29.3 Å². The summed E-state index contributed by atoms with van der Waals surface area (Å²) >= 11 is 0. The molecule has 0 bridgehead atoms. The Kier molecular flexibility index (Phi) is 5.25. The van der Waals surface area contributed by atoms with Crippen molar-refractivity contribution in [1.29, 1.82) is 0 Å². The van der Waals surface area contributed by atoms with Crippen LogP contribution < -0.4 is 10.2 Å². The third-order valence-corrected chi connectivity index (χ3v) is 2.29. The first-order valence-electron chi connectivity index (χ1n) is 5.28. The van der Waals surface area contributed by atoms with Crippen LogP contribution in [0.1, 0.15) is 11.1 Å². The largest absolute Gasteiger partial charge is 0.490 e. The highest BCUT2D eigenvalue weighted by atomic mass is 16.6. The molecule has 0 saturated carbocycles. The topological polar surface area (TPSA) is 50.7 Å². The lowest BCUT2D eigenvalue weighted by Crippen LogP contribution is -2.30. The van der Waals surface area contributed by atoms with Crippen molar-refractivity contribution in [2.24, 2.45) is 0 Å². The van der Waals surface area contributed by atoms with Crippen molar-refractivity contribution in [3.63, 3.8) is 0 Å². The van der Waals surface area contributed by atoms with E-state index >= 15 is 0 Å². The zero-order valence-corrected chi connectivity index (χ0v) is 9.99. The number of rotatable bonds is 6. The number of aryl methyl sites for hydroxylation is 2. The summed E-state index contributed by atoms with van der Waals surface area (Å²) < 4.78 is 5.58. The van der Waals surface area contributed by atoms with Crippen LogP contribution in [0.25, 0.3) is 0 Å². The molecule has 0 aliphatic carbocycles. The van der Waals surface area contributed by atoms with E-state index in [2.05, 4.69) is 10.3 Å². The molecule has 4 nitrogen and oxygen atoms in total. The van der Waals surface area contributed by atoms with E-state index in [-0.39, 0.29) is 6.61 Å². The van der Waals surface area contributed by atoms with Gasteiger partial charge in [0.05, 0.1) is 13.7 Å². The van der Waals surface area contributed by atoms with Gasteiger partial charge < -0.3 is 14.7 Å². The SMILES string of the molecule is CONCC(O)COc1c(C)cccc1C. The van der Waals surface area contributed by atoms with Gasteiger partial charge in [-0.1, -0.05) is 18.2 Å². The maximum absolute atomic E-state index is 9.56. The van der Waals surface area contributed by atoms with Gasteiger partial charge in [0.2, 0.25) is 0 Å². The monoisotopic (exact) mass is 225 g/mol. The molecule has 90 valence electrons. The van der Waals surface area contributed by atoms with Gasteiger partial charge in [0.15, 0.2) is 0 Å². The van der Waals surface area contributed by atoms with Crippen LogP contribution in [0.4, 0.5) is 0 Å². The predicted molar refractivity (Wildman–Crippen MR) is 62.4 cm³/mol. The van der Waals surface area contributed by atoms with Crippen LogP contribution in [0.3, 0.4) is 0 Å². The Hall–Kier alpha value is -1.10.